The molecule has 0 bridgehead atoms. The van der Waals surface area contributed by atoms with Gasteiger partial charge in [0, 0.05) is 19.7 Å². The summed E-state index contributed by atoms with van der Waals surface area (Å²) in [5.74, 6) is -2.83. The van der Waals surface area contributed by atoms with Gasteiger partial charge in [-0.25, -0.2) is 9.18 Å². The molecule has 0 radical (unpaired) electrons. The van der Waals surface area contributed by atoms with E-state index in [1.165, 1.54) is 42.9 Å². The van der Waals surface area contributed by atoms with Gasteiger partial charge in [0.15, 0.2) is 5.92 Å². The fraction of sp³-hybridized carbons (Fsp3) is 0.176. The number of fused-ring (bicyclic) bond motifs is 1. The van der Waals surface area contributed by atoms with E-state index in [2.05, 4.69) is 4.98 Å². The minimum Gasteiger partial charge on any atom is -0.368 e. The van der Waals surface area contributed by atoms with Gasteiger partial charge >= 0.3 is 5.69 Å². The number of amides is 1. The Kier molecular flexibility index (Phi) is 3.96. The largest absolute Gasteiger partial charge is 0.368 e. The van der Waals surface area contributed by atoms with Crippen LogP contribution < -0.4 is 17.0 Å². The summed E-state index contributed by atoms with van der Waals surface area (Å²) in [4.78, 5) is 39.6. The van der Waals surface area contributed by atoms with E-state index in [1.54, 1.807) is 6.07 Å². The Morgan fingerprint density at radius 1 is 1.23 bits per heavy atom. The third kappa shape index (κ3) is 2.39. The number of primary amides is 1. The van der Waals surface area contributed by atoms with Crippen LogP contribution in [0.15, 0.2) is 33.9 Å². The lowest BCUT2D eigenvalue weighted by atomic mass is 9.94. The molecule has 0 saturated heterocycles. The van der Waals surface area contributed by atoms with Crippen LogP contribution in [-0.4, -0.2) is 20.0 Å². The summed E-state index contributed by atoms with van der Waals surface area (Å²) >= 11 is 0. The molecule has 3 N–H and O–H groups in total. The highest BCUT2D eigenvalue weighted by Gasteiger charge is 2.29. The molecule has 0 spiro atoms. The van der Waals surface area contributed by atoms with Crippen LogP contribution >= 0.6 is 0 Å². The number of aryl methyl sites for hydroxylation is 1. The molecule has 1 amide bonds. The maximum atomic E-state index is 13.3. The lowest BCUT2D eigenvalue weighted by Gasteiger charge is -2.08. The summed E-state index contributed by atoms with van der Waals surface area (Å²) in [5, 5.41) is 9.44. The fourth-order valence-electron chi connectivity index (χ4n) is 2.95. The van der Waals surface area contributed by atoms with Crippen LogP contribution in [0.3, 0.4) is 0 Å². The van der Waals surface area contributed by atoms with Crippen molar-refractivity contribution in [3.63, 3.8) is 0 Å². The maximum absolute atomic E-state index is 13.3. The number of H-pyrrole nitrogens is 1. The van der Waals surface area contributed by atoms with Gasteiger partial charge in [-0.15, -0.1) is 0 Å². The molecule has 8 nitrogen and oxygen atoms in total. The van der Waals surface area contributed by atoms with E-state index in [4.69, 9.17) is 5.73 Å². The molecule has 2 heterocycles. The van der Waals surface area contributed by atoms with Gasteiger partial charge in [-0.3, -0.25) is 18.7 Å². The predicted molar refractivity (Wildman–Crippen MR) is 91.7 cm³/mol. The number of nitrogens with zero attached hydrogens (tertiary/aromatic N) is 3. The van der Waals surface area contributed by atoms with Gasteiger partial charge in [0.1, 0.15) is 11.5 Å². The molecule has 0 aliphatic heterocycles. The normalized spacial score (nSPS) is 12.1. The molecule has 3 aromatic rings. The van der Waals surface area contributed by atoms with Crippen molar-refractivity contribution >= 4 is 16.9 Å². The Labute approximate surface area is 145 Å². The summed E-state index contributed by atoms with van der Waals surface area (Å²) in [6.07, 6.45) is 0. The number of hydrogen-bond donors (Lipinski definition) is 2. The molecule has 0 aliphatic rings. The number of halogens is 1. The number of carbonyl (C=O) groups excluding carboxylic acids is 1. The summed E-state index contributed by atoms with van der Waals surface area (Å²) in [6, 6.07) is 7.06. The van der Waals surface area contributed by atoms with E-state index in [0.717, 1.165) is 4.57 Å². The van der Waals surface area contributed by atoms with Gasteiger partial charge in [-0.1, -0.05) is 0 Å². The lowest BCUT2D eigenvalue weighted by Crippen LogP contribution is -2.37. The van der Waals surface area contributed by atoms with Gasteiger partial charge < -0.3 is 10.7 Å². The summed E-state index contributed by atoms with van der Waals surface area (Å²) in [6.45, 7) is 0. The number of aromatic amines is 1. The molecular formula is C17H14FN5O3. The molecule has 132 valence electrons. The Balaban J connectivity index is 2.54. The van der Waals surface area contributed by atoms with E-state index in [1.807, 2.05) is 0 Å². The molecule has 2 aromatic heterocycles. The topological polar surface area (TPSA) is 127 Å². The number of hydrogen-bond acceptors (Lipinski definition) is 4. The van der Waals surface area contributed by atoms with Crippen LogP contribution in [0.2, 0.25) is 0 Å². The first kappa shape index (κ1) is 17.2. The van der Waals surface area contributed by atoms with Gasteiger partial charge in [-0.05, 0) is 29.8 Å². The van der Waals surface area contributed by atoms with Crippen molar-refractivity contribution in [3.8, 4) is 17.3 Å². The lowest BCUT2D eigenvalue weighted by molar-refractivity contribution is -0.118. The smallest absolute Gasteiger partial charge is 0.332 e. The number of benzene rings is 1. The number of carbonyl (C=O) groups is 1. The van der Waals surface area contributed by atoms with Crippen molar-refractivity contribution in [2.24, 2.45) is 19.8 Å². The van der Waals surface area contributed by atoms with E-state index in [9.17, 15) is 24.0 Å². The first-order chi connectivity index (χ1) is 12.3. The van der Waals surface area contributed by atoms with Gasteiger partial charge in [0.25, 0.3) is 5.56 Å². The monoisotopic (exact) mass is 355 g/mol. The van der Waals surface area contributed by atoms with E-state index < -0.39 is 28.9 Å². The molecule has 1 atom stereocenters. The molecule has 1 aromatic carbocycles. The quantitative estimate of drug-likeness (QED) is 0.708. The third-order valence-electron chi connectivity index (χ3n) is 4.28. The Morgan fingerprint density at radius 3 is 2.38 bits per heavy atom. The van der Waals surface area contributed by atoms with E-state index in [-0.39, 0.29) is 22.3 Å². The highest BCUT2D eigenvalue weighted by atomic mass is 19.1. The fourth-order valence-corrected chi connectivity index (χ4v) is 2.95. The molecule has 3 rings (SSSR count). The van der Waals surface area contributed by atoms with Crippen LogP contribution in [-0.2, 0) is 18.9 Å². The van der Waals surface area contributed by atoms with Crippen LogP contribution in [0, 0.1) is 17.1 Å². The molecule has 0 aliphatic carbocycles. The van der Waals surface area contributed by atoms with Crippen LogP contribution in [0.1, 0.15) is 11.5 Å². The van der Waals surface area contributed by atoms with Gasteiger partial charge in [0.05, 0.1) is 17.1 Å². The van der Waals surface area contributed by atoms with Crippen LogP contribution in [0.4, 0.5) is 4.39 Å². The second-order valence-corrected chi connectivity index (χ2v) is 5.81. The average Bonchev–Trinajstić information content (AvgIpc) is 2.99. The summed E-state index contributed by atoms with van der Waals surface area (Å²) < 4.78 is 15.3. The zero-order valence-electron chi connectivity index (χ0n) is 13.9. The third-order valence-corrected chi connectivity index (χ3v) is 4.28. The SMILES string of the molecule is Cn1c(=O)c2c(C(C#N)C(N)=O)c(-c3ccc(F)cc3)[nH]c2n(C)c1=O. The molecular weight excluding hydrogens is 341 g/mol. The predicted octanol–water partition coefficient (Wildman–Crippen LogP) is 0.464. The number of nitrogens with one attached hydrogen (secondary N) is 1. The molecule has 0 fully saturated rings. The van der Waals surface area contributed by atoms with E-state index in [0.29, 0.717) is 5.56 Å². The second-order valence-electron chi connectivity index (χ2n) is 5.81. The summed E-state index contributed by atoms with van der Waals surface area (Å²) in [5.41, 5.74) is 5.01. The zero-order valence-corrected chi connectivity index (χ0v) is 13.9. The van der Waals surface area contributed by atoms with Crippen molar-refractivity contribution in [1.29, 1.82) is 5.26 Å². The average molecular weight is 355 g/mol. The Bertz CT molecular complexity index is 1190. The Hall–Kier alpha value is -3.67. The highest BCUT2D eigenvalue weighted by molar-refractivity contribution is 5.97. The standard InChI is InChI=1S/C17H14FN5O3/c1-22-15-12(16(25)23(2)17(22)26)11(10(7-19)14(20)24)13(21-15)8-3-5-9(18)6-4-8/h3-6,10,21H,1-2H3,(H2,20,24). The first-order valence-electron chi connectivity index (χ1n) is 7.54. The molecule has 26 heavy (non-hydrogen) atoms. The van der Waals surface area contributed by atoms with Crippen molar-refractivity contribution in [3.05, 3.63) is 56.5 Å². The first-order valence-corrected chi connectivity index (χ1v) is 7.54. The Morgan fingerprint density at radius 2 is 1.85 bits per heavy atom. The molecule has 0 saturated carbocycles. The zero-order chi connectivity index (χ0) is 19.2. The number of nitrogens with two attached hydrogens (primary N) is 1. The number of aromatic nitrogens is 3. The second kappa shape index (κ2) is 6.00. The van der Waals surface area contributed by atoms with Crippen molar-refractivity contribution in [2.75, 3.05) is 0 Å². The maximum Gasteiger partial charge on any atom is 0.332 e. The van der Waals surface area contributed by atoms with Gasteiger partial charge in [-0.2, -0.15) is 5.26 Å². The minimum absolute atomic E-state index is 0.0132. The highest BCUT2D eigenvalue weighted by Crippen LogP contribution is 2.33. The van der Waals surface area contributed by atoms with Crippen molar-refractivity contribution < 1.29 is 9.18 Å². The molecule has 9 heteroatoms. The van der Waals surface area contributed by atoms with Gasteiger partial charge in [0.2, 0.25) is 5.91 Å². The summed E-state index contributed by atoms with van der Waals surface area (Å²) in [7, 11) is 2.74. The van der Waals surface area contributed by atoms with Crippen molar-refractivity contribution in [2.45, 2.75) is 5.92 Å². The number of rotatable bonds is 3. The molecule has 1 unspecified atom stereocenters. The minimum atomic E-state index is -1.42. The number of nitriles is 1. The van der Waals surface area contributed by atoms with Crippen LogP contribution in [0.25, 0.3) is 22.3 Å². The van der Waals surface area contributed by atoms with Crippen molar-refractivity contribution in [1.82, 2.24) is 14.1 Å². The van der Waals surface area contributed by atoms with Crippen LogP contribution in [0.5, 0.6) is 0 Å². The van der Waals surface area contributed by atoms with E-state index >= 15 is 0 Å².